The highest BCUT2D eigenvalue weighted by Gasteiger charge is 2.26. The highest BCUT2D eigenvalue weighted by atomic mass is 32.2. The third kappa shape index (κ3) is 4.78. The standard InChI is InChI=1S/C23H27N3O5S/c1-17-6-8-18(9-7-17)15-24-22(27)16-26-20-11-10-19(14-21(20)31-23(26)28)32(29,30)25-12-4-2-3-5-13-25/h6-11,14H,2-5,12-13,15-16H2,1H3,(H,24,27). The average molecular weight is 458 g/mol. The molecular formula is C23H27N3O5S. The molecule has 2 aromatic carbocycles. The van der Waals surface area contributed by atoms with Crippen LogP contribution in [0.15, 0.2) is 56.6 Å². The maximum absolute atomic E-state index is 13.0. The fraction of sp³-hybridized carbons (Fsp3) is 0.391. The summed E-state index contributed by atoms with van der Waals surface area (Å²) in [5, 5.41) is 2.79. The van der Waals surface area contributed by atoms with E-state index >= 15 is 0 Å². The van der Waals surface area contributed by atoms with Crippen molar-refractivity contribution in [3.05, 3.63) is 64.1 Å². The fourth-order valence-electron chi connectivity index (χ4n) is 3.89. The number of hydrogen-bond donors (Lipinski definition) is 1. The molecule has 1 saturated heterocycles. The summed E-state index contributed by atoms with van der Waals surface area (Å²) in [5.74, 6) is -1.04. The Morgan fingerprint density at radius 3 is 2.41 bits per heavy atom. The van der Waals surface area contributed by atoms with Crippen molar-refractivity contribution in [1.29, 1.82) is 0 Å². The van der Waals surface area contributed by atoms with Crippen LogP contribution in [0.3, 0.4) is 0 Å². The molecule has 0 unspecified atom stereocenters. The minimum atomic E-state index is -3.66. The van der Waals surface area contributed by atoms with Gasteiger partial charge in [-0.25, -0.2) is 13.2 Å². The molecular weight excluding hydrogens is 430 g/mol. The Labute approximate surface area is 186 Å². The van der Waals surface area contributed by atoms with E-state index < -0.39 is 15.8 Å². The molecule has 8 nitrogen and oxygen atoms in total. The number of oxazole rings is 1. The van der Waals surface area contributed by atoms with Crippen LogP contribution in [-0.4, -0.2) is 36.3 Å². The summed E-state index contributed by atoms with van der Waals surface area (Å²) in [6, 6.07) is 12.2. The van der Waals surface area contributed by atoms with Gasteiger partial charge in [-0.3, -0.25) is 9.36 Å². The van der Waals surface area contributed by atoms with Gasteiger partial charge in [0, 0.05) is 25.7 Å². The number of benzene rings is 2. The Balaban J connectivity index is 1.51. The monoisotopic (exact) mass is 457 g/mol. The van der Waals surface area contributed by atoms with Crippen LogP contribution in [-0.2, 0) is 27.9 Å². The van der Waals surface area contributed by atoms with Crippen LogP contribution in [0.2, 0.25) is 0 Å². The quantitative estimate of drug-likeness (QED) is 0.613. The van der Waals surface area contributed by atoms with E-state index in [4.69, 9.17) is 4.42 Å². The van der Waals surface area contributed by atoms with Gasteiger partial charge in [0.15, 0.2) is 5.58 Å². The van der Waals surface area contributed by atoms with Crippen molar-refractivity contribution in [2.75, 3.05) is 13.1 Å². The van der Waals surface area contributed by atoms with E-state index in [1.807, 2.05) is 31.2 Å². The van der Waals surface area contributed by atoms with Crippen LogP contribution in [0, 0.1) is 6.92 Å². The van der Waals surface area contributed by atoms with Gasteiger partial charge in [-0.1, -0.05) is 42.7 Å². The largest absolute Gasteiger partial charge is 0.420 e. The molecule has 1 aliphatic rings. The first-order valence-electron chi connectivity index (χ1n) is 10.8. The van der Waals surface area contributed by atoms with Crippen molar-refractivity contribution in [3.8, 4) is 0 Å². The number of hydrogen-bond acceptors (Lipinski definition) is 5. The Hall–Kier alpha value is -2.91. The van der Waals surface area contributed by atoms with E-state index in [2.05, 4.69) is 5.32 Å². The van der Waals surface area contributed by atoms with Crippen molar-refractivity contribution >= 4 is 27.0 Å². The molecule has 0 radical (unpaired) electrons. The van der Waals surface area contributed by atoms with Gasteiger partial charge >= 0.3 is 5.76 Å². The third-order valence-electron chi connectivity index (χ3n) is 5.75. The molecule has 0 atom stereocenters. The molecule has 9 heteroatoms. The normalized spacial score (nSPS) is 15.5. The lowest BCUT2D eigenvalue weighted by Gasteiger charge is -2.19. The summed E-state index contributed by atoms with van der Waals surface area (Å²) in [6.07, 6.45) is 3.72. The van der Waals surface area contributed by atoms with Crippen molar-refractivity contribution in [1.82, 2.24) is 14.2 Å². The molecule has 2 heterocycles. The van der Waals surface area contributed by atoms with Gasteiger partial charge in [-0.2, -0.15) is 4.31 Å². The first kappa shape index (κ1) is 22.3. The van der Waals surface area contributed by atoms with Gasteiger partial charge in [0.25, 0.3) is 0 Å². The molecule has 1 fully saturated rings. The smallest absolute Gasteiger partial charge is 0.408 e. The number of sulfonamides is 1. The van der Waals surface area contributed by atoms with Gasteiger partial charge in [0.1, 0.15) is 6.54 Å². The van der Waals surface area contributed by atoms with E-state index in [0.717, 1.165) is 36.8 Å². The molecule has 0 saturated carbocycles. The molecule has 1 N–H and O–H groups in total. The minimum Gasteiger partial charge on any atom is -0.408 e. The van der Waals surface area contributed by atoms with Crippen LogP contribution >= 0.6 is 0 Å². The Morgan fingerprint density at radius 1 is 1.03 bits per heavy atom. The number of rotatable bonds is 6. The van der Waals surface area contributed by atoms with Gasteiger partial charge in [0.2, 0.25) is 15.9 Å². The van der Waals surface area contributed by atoms with Crippen molar-refractivity contribution in [2.45, 2.75) is 50.6 Å². The van der Waals surface area contributed by atoms with Crippen LogP contribution in [0.4, 0.5) is 0 Å². The second-order valence-electron chi connectivity index (χ2n) is 8.16. The average Bonchev–Trinajstić information content (AvgIpc) is 2.95. The number of nitrogens with zero attached hydrogens (tertiary/aromatic N) is 2. The highest BCUT2D eigenvalue weighted by molar-refractivity contribution is 7.89. The van der Waals surface area contributed by atoms with Crippen molar-refractivity contribution in [2.24, 2.45) is 0 Å². The zero-order chi connectivity index (χ0) is 22.7. The molecule has 1 aliphatic heterocycles. The molecule has 3 aromatic rings. The van der Waals surface area contributed by atoms with E-state index in [9.17, 15) is 18.0 Å². The predicted octanol–water partition coefficient (Wildman–Crippen LogP) is 2.78. The van der Waals surface area contributed by atoms with E-state index in [0.29, 0.717) is 25.2 Å². The second kappa shape index (κ2) is 9.30. The molecule has 1 aromatic heterocycles. The van der Waals surface area contributed by atoms with E-state index in [1.165, 1.54) is 27.1 Å². The molecule has 4 rings (SSSR count). The van der Waals surface area contributed by atoms with E-state index in [1.54, 1.807) is 0 Å². The zero-order valence-electron chi connectivity index (χ0n) is 18.0. The molecule has 0 bridgehead atoms. The lowest BCUT2D eigenvalue weighted by molar-refractivity contribution is -0.121. The first-order chi connectivity index (χ1) is 15.3. The number of aromatic nitrogens is 1. The molecule has 1 amide bonds. The Bertz CT molecular complexity index is 1270. The lowest BCUT2D eigenvalue weighted by atomic mass is 10.1. The zero-order valence-corrected chi connectivity index (χ0v) is 18.9. The third-order valence-corrected chi connectivity index (χ3v) is 7.65. The van der Waals surface area contributed by atoms with Crippen LogP contribution in [0.1, 0.15) is 36.8 Å². The van der Waals surface area contributed by atoms with Crippen molar-refractivity contribution < 1.29 is 17.6 Å². The second-order valence-corrected chi connectivity index (χ2v) is 10.1. The number of amides is 1. The van der Waals surface area contributed by atoms with Crippen molar-refractivity contribution in [3.63, 3.8) is 0 Å². The van der Waals surface area contributed by atoms with Crippen LogP contribution in [0.25, 0.3) is 11.1 Å². The topological polar surface area (TPSA) is 102 Å². The molecule has 0 aliphatic carbocycles. The predicted molar refractivity (Wildman–Crippen MR) is 121 cm³/mol. The molecule has 170 valence electrons. The summed E-state index contributed by atoms with van der Waals surface area (Å²) in [7, 11) is -3.66. The summed E-state index contributed by atoms with van der Waals surface area (Å²) in [4.78, 5) is 24.8. The maximum atomic E-state index is 13.0. The summed E-state index contributed by atoms with van der Waals surface area (Å²) < 4.78 is 34.0. The number of carbonyl (C=O) groups excluding carboxylic acids is 1. The number of nitrogens with one attached hydrogen (secondary N) is 1. The van der Waals surface area contributed by atoms with Gasteiger partial charge in [-0.15, -0.1) is 0 Å². The fourth-order valence-corrected chi connectivity index (χ4v) is 5.43. The summed E-state index contributed by atoms with van der Waals surface area (Å²) in [6.45, 7) is 3.11. The number of fused-ring (bicyclic) bond motifs is 1. The lowest BCUT2D eigenvalue weighted by Crippen LogP contribution is -2.32. The summed E-state index contributed by atoms with van der Waals surface area (Å²) >= 11 is 0. The Morgan fingerprint density at radius 2 is 1.72 bits per heavy atom. The van der Waals surface area contributed by atoms with Gasteiger partial charge in [-0.05, 0) is 37.5 Å². The molecule has 0 spiro atoms. The SMILES string of the molecule is Cc1ccc(CNC(=O)Cn2c(=O)oc3cc(S(=O)(=O)N4CCCCCC4)ccc32)cc1. The molecule has 32 heavy (non-hydrogen) atoms. The minimum absolute atomic E-state index is 0.0941. The van der Waals surface area contributed by atoms with Crippen LogP contribution < -0.4 is 11.1 Å². The highest BCUT2D eigenvalue weighted by Crippen LogP contribution is 2.24. The first-order valence-corrected chi connectivity index (χ1v) is 12.2. The van der Waals surface area contributed by atoms with Crippen LogP contribution in [0.5, 0.6) is 0 Å². The summed E-state index contributed by atoms with van der Waals surface area (Å²) in [5.41, 5.74) is 2.62. The number of carbonyl (C=O) groups is 1. The maximum Gasteiger partial charge on any atom is 0.420 e. The number of aryl methyl sites for hydroxylation is 1. The Kier molecular flexibility index (Phi) is 6.48. The van der Waals surface area contributed by atoms with E-state index in [-0.39, 0.29) is 22.9 Å². The van der Waals surface area contributed by atoms with Gasteiger partial charge in [0.05, 0.1) is 10.4 Å². The van der Waals surface area contributed by atoms with Gasteiger partial charge < -0.3 is 9.73 Å².